The minimum Gasteiger partial charge on any atom is -0.465 e. The van der Waals surface area contributed by atoms with Crippen LogP contribution in [0, 0.1) is 17.0 Å². The summed E-state index contributed by atoms with van der Waals surface area (Å²) < 4.78 is 4.60. The summed E-state index contributed by atoms with van der Waals surface area (Å²) in [6.07, 6.45) is 1.50. The predicted octanol–water partition coefficient (Wildman–Crippen LogP) is 2.27. The van der Waals surface area contributed by atoms with Crippen LogP contribution in [0.4, 0.5) is 23.0 Å². The molecule has 0 saturated carbocycles. The normalized spacial score (nSPS) is 10.0. The SMILES string of the molecule is CNc1ccc(Nc2nc(C)cc(C(=O)OC)c2[N+](=O)[O-])cn1. The zero-order valence-corrected chi connectivity index (χ0v) is 12.8. The number of anilines is 3. The predicted molar refractivity (Wildman–Crippen MR) is 84.0 cm³/mol. The highest BCUT2D eigenvalue weighted by molar-refractivity contribution is 5.96. The Morgan fingerprint density at radius 3 is 2.65 bits per heavy atom. The summed E-state index contributed by atoms with van der Waals surface area (Å²) in [5, 5.41) is 17.0. The van der Waals surface area contributed by atoms with Crippen molar-refractivity contribution < 1.29 is 14.5 Å². The average molecular weight is 317 g/mol. The first-order valence-corrected chi connectivity index (χ1v) is 6.61. The van der Waals surface area contributed by atoms with Crippen LogP contribution < -0.4 is 10.6 Å². The fraction of sp³-hybridized carbons (Fsp3) is 0.214. The molecule has 2 rings (SSSR count). The summed E-state index contributed by atoms with van der Waals surface area (Å²) in [5.41, 5.74) is 0.340. The number of nitrogens with one attached hydrogen (secondary N) is 2. The lowest BCUT2D eigenvalue weighted by Gasteiger charge is -2.10. The number of rotatable bonds is 5. The highest BCUT2D eigenvalue weighted by Crippen LogP contribution is 2.30. The number of hydrogen-bond donors (Lipinski definition) is 2. The third-order valence-electron chi connectivity index (χ3n) is 2.99. The van der Waals surface area contributed by atoms with E-state index in [0.29, 0.717) is 17.2 Å². The van der Waals surface area contributed by atoms with Crippen molar-refractivity contribution in [3.8, 4) is 0 Å². The molecule has 0 bridgehead atoms. The lowest BCUT2D eigenvalue weighted by atomic mass is 10.2. The number of pyridine rings is 2. The van der Waals surface area contributed by atoms with Crippen molar-refractivity contribution in [2.45, 2.75) is 6.92 Å². The molecule has 2 heterocycles. The molecule has 0 aliphatic rings. The maximum absolute atomic E-state index is 11.8. The van der Waals surface area contributed by atoms with Gasteiger partial charge in [-0.1, -0.05) is 0 Å². The van der Waals surface area contributed by atoms with Crippen molar-refractivity contribution in [1.29, 1.82) is 0 Å². The summed E-state index contributed by atoms with van der Waals surface area (Å²) >= 11 is 0. The number of aromatic nitrogens is 2. The Bertz CT molecular complexity index is 746. The molecule has 9 heteroatoms. The Morgan fingerprint density at radius 1 is 1.39 bits per heavy atom. The van der Waals surface area contributed by atoms with Gasteiger partial charge in [0.15, 0.2) is 0 Å². The molecule has 0 unspecified atom stereocenters. The van der Waals surface area contributed by atoms with Crippen molar-refractivity contribution in [3.63, 3.8) is 0 Å². The van der Waals surface area contributed by atoms with Crippen molar-refractivity contribution >= 4 is 29.0 Å². The van der Waals surface area contributed by atoms with E-state index in [-0.39, 0.29) is 11.4 Å². The van der Waals surface area contributed by atoms with Crippen molar-refractivity contribution in [3.05, 3.63) is 45.8 Å². The number of aryl methyl sites for hydroxylation is 1. The van der Waals surface area contributed by atoms with E-state index in [0.717, 1.165) is 7.11 Å². The first-order valence-electron chi connectivity index (χ1n) is 6.61. The van der Waals surface area contributed by atoms with Gasteiger partial charge >= 0.3 is 11.7 Å². The number of nitrogens with zero attached hydrogens (tertiary/aromatic N) is 3. The molecular weight excluding hydrogens is 302 g/mol. The van der Waals surface area contributed by atoms with E-state index < -0.39 is 16.6 Å². The Kier molecular flexibility index (Phi) is 4.69. The van der Waals surface area contributed by atoms with Crippen LogP contribution in [0.5, 0.6) is 0 Å². The van der Waals surface area contributed by atoms with Gasteiger partial charge in [-0.3, -0.25) is 10.1 Å². The summed E-state index contributed by atoms with van der Waals surface area (Å²) in [7, 11) is 2.89. The minimum atomic E-state index is -0.797. The molecule has 0 saturated heterocycles. The van der Waals surface area contributed by atoms with Crippen LogP contribution in [-0.2, 0) is 4.74 Å². The van der Waals surface area contributed by atoms with Gasteiger partial charge in [-0.15, -0.1) is 0 Å². The van der Waals surface area contributed by atoms with Crippen LogP contribution in [0.15, 0.2) is 24.4 Å². The van der Waals surface area contributed by atoms with E-state index in [1.54, 1.807) is 26.1 Å². The van der Waals surface area contributed by atoms with Gasteiger partial charge in [0.1, 0.15) is 11.4 Å². The fourth-order valence-electron chi connectivity index (χ4n) is 1.96. The number of ether oxygens (including phenoxy) is 1. The molecule has 0 radical (unpaired) electrons. The first-order chi connectivity index (χ1) is 11.0. The Balaban J connectivity index is 2.49. The molecule has 2 aromatic heterocycles. The van der Waals surface area contributed by atoms with Crippen LogP contribution in [0.25, 0.3) is 0 Å². The molecule has 0 fully saturated rings. The number of carbonyl (C=O) groups is 1. The van der Waals surface area contributed by atoms with E-state index >= 15 is 0 Å². The largest absolute Gasteiger partial charge is 0.465 e. The molecule has 0 aromatic carbocycles. The minimum absolute atomic E-state index is 0.0468. The molecule has 2 aromatic rings. The van der Waals surface area contributed by atoms with Crippen LogP contribution in [-0.4, -0.2) is 35.0 Å². The first kappa shape index (κ1) is 16.1. The lowest BCUT2D eigenvalue weighted by Crippen LogP contribution is -2.10. The standard InChI is InChI=1S/C14H15N5O4/c1-8-6-10(14(20)23-3)12(19(21)22)13(17-8)18-9-4-5-11(15-2)16-7-9/h4-7H,1-3H3,(H,15,16)(H,17,18). The van der Waals surface area contributed by atoms with E-state index in [4.69, 9.17) is 0 Å². The zero-order valence-electron chi connectivity index (χ0n) is 12.8. The highest BCUT2D eigenvalue weighted by Gasteiger charge is 2.27. The quantitative estimate of drug-likeness (QED) is 0.489. The van der Waals surface area contributed by atoms with Crippen LogP contribution >= 0.6 is 0 Å². The van der Waals surface area contributed by atoms with Gasteiger partial charge in [-0.05, 0) is 25.1 Å². The van der Waals surface area contributed by atoms with Gasteiger partial charge in [0.25, 0.3) is 0 Å². The number of esters is 1. The molecule has 0 amide bonds. The van der Waals surface area contributed by atoms with E-state index in [9.17, 15) is 14.9 Å². The Hall–Kier alpha value is -3.23. The van der Waals surface area contributed by atoms with Crippen LogP contribution in [0.2, 0.25) is 0 Å². The van der Waals surface area contributed by atoms with Crippen molar-refractivity contribution in [1.82, 2.24) is 9.97 Å². The summed E-state index contributed by atoms with van der Waals surface area (Å²) in [4.78, 5) is 30.7. The molecule has 0 aliphatic carbocycles. The molecule has 120 valence electrons. The number of methoxy groups -OCH3 is 1. The molecule has 0 aliphatic heterocycles. The van der Waals surface area contributed by atoms with Gasteiger partial charge < -0.3 is 15.4 Å². The third-order valence-corrected chi connectivity index (χ3v) is 2.99. The summed E-state index contributed by atoms with van der Waals surface area (Å²) in [6.45, 7) is 1.63. The topological polar surface area (TPSA) is 119 Å². The molecular formula is C14H15N5O4. The van der Waals surface area contributed by atoms with Gasteiger partial charge in [-0.2, -0.15) is 0 Å². The smallest absolute Gasteiger partial charge is 0.345 e. The second-order valence-corrected chi connectivity index (χ2v) is 4.56. The average Bonchev–Trinajstić information content (AvgIpc) is 2.53. The fourth-order valence-corrected chi connectivity index (χ4v) is 1.96. The number of carbonyl (C=O) groups excluding carboxylic acids is 1. The van der Waals surface area contributed by atoms with Gasteiger partial charge in [-0.25, -0.2) is 14.8 Å². The van der Waals surface area contributed by atoms with E-state index in [1.165, 1.54) is 12.3 Å². The van der Waals surface area contributed by atoms with Gasteiger partial charge in [0.2, 0.25) is 5.82 Å². The van der Waals surface area contributed by atoms with Gasteiger partial charge in [0.05, 0.1) is 23.9 Å². The molecule has 2 N–H and O–H groups in total. The van der Waals surface area contributed by atoms with E-state index in [1.807, 2.05) is 0 Å². The lowest BCUT2D eigenvalue weighted by molar-refractivity contribution is -0.384. The van der Waals surface area contributed by atoms with Gasteiger partial charge in [0, 0.05) is 12.7 Å². The molecule has 0 atom stereocenters. The second-order valence-electron chi connectivity index (χ2n) is 4.56. The molecule has 0 spiro atoms. The maximum atomic E-state index is 11.8. The van der Waals surface area contributed by atoms with Crippen LogP contribution in [0.3, 0.4) is 0 Å². The molecule has 9 nitrogen and oxygen atoms in total. The Labute approximate surface area is 131 Å². The monoisotopic (exact) mass is 317 g/mol. The second kappa shape index (κ2) is 6.69. The van der Waals surface area contributed by atoms with E-state index in [2.05, 4.69) is 25.3 Å². The van der Waals surface area contributed by atoms with Crippen molar-refractivity contribution in [2.24, 2.45) is 0 Å². The molecule has 23 heavy (non-hydrogen) atoms. The number of nitro groups is 1. The number of hydrogen-bond acceptors (Lipinski definition) is 8. The third kappa shape index (κ3) is 3.51. The van der Waals surface area contributed by atoms with Crippen LogP contribution in [0.1, 0.15) is 16.1 Å². The maximum Gasteiger partial charge on any atom is 0.345 e. The zero-order chi connectivity index (χ0) is 17.0. The summed E-state index contributed by atoms with van der Waals surface area (Å²) in [5.74, 6) is -0.194. The highest BCUT2D eigenvalue weighted by atomic mass is 16.6. The van der Waals surface area contributed by atoms with Crippen molar-refractivity contribution in [2.75, 3.05) is 24.8 Å². The Morgan fingerprint density at radius 2 is 2.13 bits per heavy atom. The summed E-state index contributed by atoms with van der Waals surface area (Å²) in [6, 6.07) is 4.70.